The van der Waals surface area contributed by atoms with Crippen molar-refractivity contribution in [2.45, 2.75) is 38.9 Å². The molecule has 1 unspecified atom stereocenters. The summed E-state index contributed by atoms with van der Waals surface area (Å²) in [4.78, 5) is 14.9. The molecule has 29 heavy (non-hydrogen) atoms. The fourth-order valence-electron chi connectivity index (χ4n) is 3.47. The van der Waals surface area contributed by atoms with Crippen LogP contribution in [0.25, 0.3) is 5.69 Å². The molecule has 1 aromatic carbocycles. The lowest BCUT2D eigenvalue weighted by Crippen LogP contribution is -2.51. The maximum atomic E-state index is 12.5. The van der Waals surface area contributed by atoms with E-state index in [0.717, 1.165) is 37.1 Å². The Morgan fingerprint density at radius 2 is 2.00 bits per heavy atom. The van der Waals surface area contributed by atoms with Crippen LogP contribution in [0.4, 0.5) is 0 Å². The minimum absolute atomic E-state index is 0.0172. The van der Waals surface area contributed by atoms with E-state index in [1.54, 1.807) is 6.33 Å². The molecule has 0 radical (unpaired) electrons. The van der Waals surface area contributed by atoms with Crippen molar-refractivity contribution in [3.8, 4) is 5.69 Å². The van der Waals surface area contributed by atoms with E-state index in [9.17, 15) is 4.79 Å². The first-order chi connectivity index (χ1) is 14.0. The number of amides is 1. The van der Waals surface area contributed by atoms with Gasteiger partial charge in [0.05, 0.1) is 19.0 Å². The van der Waals surface area contributed by atoms with Crippen LogP contribution in [0.15, 0.2) is 29.7 Å². The number of hydrogen-bond donors (Lipinski definition) is 1. The van der Waals surface area contributed by atoms with E-state index >= 15 is 0 Å². The highest BCUT2D eigenvalue weighted by molar-refractivity contribution is 7.99. The van der Waals surface area contributed by atoms with Crippen LogP contribution in [0.3, 0.4) is 0 Å². The van der Waals surface area contributed by atoms with Crippen LogP contribution in [-0.4, -0.2) is 70.2 Å². The standard InChI is InChI=1S/C21H31N5O2S/c1-15(2)19(25-7-9-28-10-8-25)12-22-20(27)13-29-21-24-23-14-26(21)18-6-5-16(3)17(4)11-18/h5-6,11,14-15,19H,7-10,12-13H2,1-4H3,(H,22,27). The molecule has 1 saturated heterocycles. The third-order valence-corrected chi connectivity index (χ3v) is 6.35. The van der Waals surface area contributed by atoms with Gasteiger partial charge in [-0.05, 0) is 43.0 Å². The molecule has 0 spiro atoms. The molecule has 2 heterocycles. The SMILES string of the molecule is Cc1ccc(-n2cnnc2SCC(=O)NCC(C(C)C)N2CCOCC2)cc1C. The summed E-state index contributed by atoms with van der Waals surface area (Å²) in [6.45, 7) is 12.6. The molecule has 1 amide bonds. The fourth-order valence-corrected chi connectivity index (χ4v) is 4.23. The van der Waals surface area contributed by atoms with Gasteiger partial charge in [-0.1, -0.05) is 31.7 Å². The lowest BCUT2D eigenvalue weighted by atomic mass is 10.0. The molecule has 1 atom stereocenters. The number of carbonyl (C=O) groups excluding carboxylic acids is 1. The van der Waals surface area contributed by atoms with Gasteiger partial charge in [0.1, 0.15) is 6.33 Å². The maximum absolute atomic E-state index is 12.5. The third-order valence-electron chi connectivity index (χ3n) is 5.41. The molecule has 3 rings (SSSR count). The summed E-state index contributed by atoms with van der Waals surface area (Å²) >= 11 is 1.41. The number of rotatable bonds is 8. The molecule has 0 aliphatic carbocycles. The Hall–Kier alpha value is -1.90. The van der Waals surface area contributed by atoms with Gasteiger partial charge < -0.3 is 10.1 Å². The van der Waals surface area contributed by atoms with Gasteiger partial charge >= 0.3 is 0 Å². The molecule has 2 aromatic rings. The molecular weight excluding hydrogens is 386 g/mol. The number of aryl methyl sites for hydroxylation is 2. The van der Waals surface area contributed by atoms with Gasteiger partial charge in [0.25, 0.3) is 0 Å². The summed E-state index contributed by atoms with van der Waals surface area (Å²) in [5.74, 6) is 0.801. The molecule has 0 bridgehead atoms. The normalized spacial score (nSPS) is 16.2. The van der Waals surface area contributed by atoms with Crippen molar-refractivity contribution in [2.75, 3.05) is 38.6 Å². The van der Waals surface area contributed by atoms with Crippen LogP contribution in [0.5, 0.6) is 0 Å². The highest BCUT2D eigenvalue weighted by Crippen LogP contribution is 2.21. The molecule has 1 aliphatic heterocycles. The van der Waals surface area contributed by atoms with E-state index in [1.807, 2.05) is 10.6 Å². The van der Waals surface area contributed by atoms with Gasteiger partial charge in [0.2, 0.25) is 5.91 Å². The molecule has 0 saturated carbocycles. The average Bonchev–Trinajstić information content (AvgIpc) is 3.18. The largest absolute Gasteiger partial charge is 0.379 e. The molecule has 7 nitrogen and oxygen atoms in total. The van der Waals surface area contributed by atoms with E-state index in [4.69, 9.17) is 4.74 Å². The number of thioether (sulfide) groups is 1. The Morgan fingerprint density at radius 3 is 2.69 bits per heavy atom. The summed E-state index contributed by atoms with van der Waals surface area (Å²) in [5.41, 5.74) is 3.47. The molecule has 1 N–H and O–H groups in total. The van der Waals surface area contributed by atoms with Crippen molar-refractivity contribution in [3.05, 3.63) is 35.7 Å². The van der Waals surface area contributed by atoms with Crippen molar-refractivity contribution in [2.24, 2.45) is 5.92 Å². The van der Waals surface area contributed by atoms with Crippen molar-refractivity contribution in [1.82, 2.24) is 25.0 Å². The molecule has 8 heteroatoms. The van der Waals surface area contributed by atoms with Crippen molar-refractivity contribution in [3.63, 3.8) is 0 Å². The Bertz CT molecular complexity index is 817. The van der Waals surface area contributed by atoms with Gasteiger partial charge in [-0.25, -0.2) is 0 Å². The van der Waals surface area contributed by atoms with E-state index in [2.05, 4.69) is 60.2 Å². The Kier molecular flexibility index (Phi) is 7.69. The zero-order valence-corrected chi connectivity index (χ0v) is 18.5. The molecule has 1 aliphatic rings. The highest BCUT2D eigenvalue weighted by atomic mass is 32.2. The number of nitrogens with one attached hydrogen (secondary N) is 1. The van der Waals surface area contributed by atoms with E-state index in [1.165, 1.54) is 22.9 Å². The highest BCUT2D eigenvalue weighted by Gasteiger charge is 2.24. The quantitative estimate of drug-likeness (QED) is 0.665. The summed E-state index contributed by atoms with van der Waals surface area (Å²) < 4.78 is 7.37. The van der Waals surface area contributed by atoms with Gasteiger partial charge in [0, 0.05) is 31.4 Å². The van der Waals surface area contributed by atoms with Crippen molar-refractivity contribution in [1.29, 1.82) is 0 Å². The first-order valence-corrected chi connectivity index (χ1v) is 11.1. The summed E-state index contributed by atoms with van der Waals surface area (Å²) in [7, 11) is 0. The van der Waals surface area contributed by atoms with E-state index in [-0.39, 0.29) is 5.91 Å². The Labute approximate surface area is 177 Å². The summed E-state index contributed by atoms with van der Waals surface area (Å²) in [6.07, 6.45) is 1.69. The average molecular weight is 418 g/mol. The minimum Gasteiger partial charge on any atom is -0.379 e. The monoisotopic (exact) mass is 417 g/mol. The van der Waals surface area contributed by atoms with Gasteiger partial charge in [-0.3, -0.25) is 14.3 Å². The van der Waals surface area contributed by atoms with Crippen molar-refractivity contribution >= 4 is 17.7 Å². The van der Waals surface area contributed by atoms with Crippen LogP contribution in [0.2, 0.25) is 0 Å². The molecule has 1 fully saturated rings. The van der Waals surface area contributed by atoms with Gasteiger partial charge in [-0.15, -0.1) is 10.2 Å². The number of ether oxygens (including phenoxy) is 1. The summed E-state index contributed by atoms with van der Waals surface area (Å²) in [5, 5.41) is 12.0. The zero-order valence-electron chi connectivity index (χ0n) is 17.7. The number of aromatic nitrogens is 3. The van der Waals surface area contributed by atoms with Gasteiger partial charge in [0.15, 0.2) is 5.16 Å². The predicted molar refractivity (Wildman–Crippen MR) is 116 cm³/mol. The third kappa shape index (κ3) is 5.81. The number of hydrogen-bond acceptors (Lipinski definition) is 6. The number of benzene rings is 1. The van der Waals surface area contributed by atoms with E-state index < -0.39 is 0 Å². The van der Waals surface area contributed by atoms with Crippen LogP contribution < -0.4 is 5.32 Å². The Balaban J connectivity index is 1.54. The smallest absolute Gasteiger partial charge is 0.230 e. The molecular formula is C21H31N5O2S. The first-order valence-electron chi connectivity index (χ1n) is 10.1. The fraction of sp³-hybridized carbons (Fsp3) is 0.571. The second-order valence-corrected chi connectivity index (χ2v) is 8.75. The number of nitrogens with zero attached hydrogens (tertiary/aromatic N) is 4. The molecule has 158 valence electrons. The van der Waals surface area contributed by atoms with Crippen LogP contribution in [-0.2, 0) is 9.53 Å². The predicted octanol–water partition coefficient (Wildman–Crippen LogP) is 2.45. The number of morpholine rings is 1. The number of carbonyl (C=O) groups is 1. The lowest BCUT2D eigenvalue weighted by Gasteiger charge is -2.36. The van der Waals surface area contributed by atoms with Crippen LogP contribution >= 0.6 is 11.8 Å². The second-order valence-electron chi connectivity index (χ2n) is 7.80. The first kappa shape index (κ1) is 21.8. The minimum atomic E-state index is 0.0172. The Morgan fingerprint density at radius 1 is 1.24 bits per heavy atom. The van der Waals surface area contributed by atoms with Gasteiger partial charge in [-0.2, -0.15) is 0 Å². The van der Waals surface area contributed by atoms with Crippen molar-refractivity contribution < 1.29 is 9.53 Å². The molecule has 1 aromatic heterocycles. The topological polar surface area (TPSA) is 72.3 Å². The van der Waals surface area contributed by atoms with Crippen LogP contribution in [0, 0.1) is 19.8 Å². The summed E-state index contributed by atoms with van der Waals surface area (Å²) in [6, 6.07) is 6.57. The second kappa shape index (κ2) is 10.2. The van der Waals surface area contributed by atoms with E-state index in [0.29, 0.717) is 24.3 Å². The lowest BCUT2D eigenvalue weighted by molar-refractivity contribution is -0.119. The van der Waals surface area contributed by atoms with Crippen LogP contribution in [0.1, 0.15) is 25.0 Å². The zero-order chi connectivity index (χ0) is 20.8. The maximum Gasteiger partial charge on any atom is 0.230 e.